The first-order valence-corrected chi connectivity index (χ1v) is 6.02. The van der Waals surface area contributed by atoms with Crippen LogP contribution in [-0.4, -0.2) is 4.98 Å². The number of hydrogen-bond acceptors (Lipinski definition) is 4. The van der Waals surface area contributed by atoms with Gasteiger partial charge in [0.1, 0.15) is 11.6 Å². The summed E-state index contributed by atoms with van der Waals surface area (Å²) in [5.74, 6) is 5.76. The molecule has 1 aromatic carbocycles. The molecule has 1 atom stereocenters. The van der Waals surface area contributed by atoms with E-state index >= 15 is 0 Å². The smallest absolute Gasteiger partial charge is 0.128 e. The van der Waals surface area contributed by atoms with Crippen LogP contribution in [0.1, 0.15) is 22.7 Å². The van der Waals surface area contributed by atoms with Gasteiger partial charge in [-0.2, -0.15) is 0 Å². The van der Waals surface area contributed by atoms with E-state index in [1.54, 1.807) is 12.3 Å². The summed E-state index contributed by atoms with van der Waals surface area (Å²) in [6.45, 7) is 1.94. The van der Waals surface area contributed by atoms with Crippen molar-refractivity contribution >= 4 is 5.82 Å². The molecule has 0 saturated heterocycles. The molecule has 0 radical (unpaired) electrons. The number of nitrogens with zero attached hydrogens (tertiary/aromatic N) is 1. The summed E-state index contributed by atoms with van der Waals surface area (Å²) in [4.78, 5) is 4.11. The molecule has 5 N–H and O–H groups in total. The SMILES string of the molecule is Cc1cnc(N)c(C(Cc2cccc(F)c2)NN)c1. The molecular formula is C14H17FN4. The quantitative estimate of drug-likeness (QED) is 0.579. The van der Waals surface area contributed by atoms with Gasteiger partial charge in [0.2, 0.25) is 0 Å². The lowest BCUT2D eigenvalue weighted by Gasteiger charge is -2.18. The maximum Gasteiger partial charge on any atom is 0.128 e. The minimum atomic E-state index is -0.261. The second-order valence-corrected chi connectivity index (χ2v) is 4.54. The number of pyridine rings is 1. The van der Waals surface area contributed by atoms with E-state index in [2.05, 4.69) is 10.4 Å². The van der Waals surface area contributed by atoms with Crippen LogP contribution in [0.5, 0.6) is 0 Å². The second-order valence-electron chi connectivity index (χ2n) is 4.54. The molecule has 0 fully saturated rings. The topological polar surface area (TPSA) is 77.0 Å². The number of hydrazine groups is 1. The Hall–Kier alpha value is -1.98. The largest absolute Gasteiger partial charge is 0.383 e. The first-order chi connectivity index (χ1) is 9.10. The van der Waals surface area contributed by atoms with Crippen molar-refractivity contribution in [3.8, 4) is 0 Å². The van der Waals surface area contributed by atoms with Gasteiger partial charge < -0.3 is 5.73 Å². The molecule has 1 unspecified atom stereocenters. The van der Waals surface area contributed by atoms with E-state index in [1.807, 2.05) is 19.1 Å². The van der Waals surface area contributed by atoms with Gasteiger partial charge in [-0.3, -0.25) is 11.3 Å². The van der Waals surface area contributed by atoms with Crippen LogP contribution >= 0.6 is 0 Å². The number of hydrogen-bond donors (Lipinski definition) is 3. The summed E-state index contributed by atoms with van der Waals surface area (Å²) in [5.41, 5.74) is 11.3. The molecule has 1 aromatic heterocycles. The van der Waals surface area contributed by atoms with Gasteiger partial charge in [-0.05, 0) is 42.7 Å². The number of nitrogen functional groups attached to an aromatic ring is 1. The Kier molecular flexibility index (Phi) is 4.09. The minimum Gasteiger partial charge on any atom is -0.383 e. The van der Waals surface area contributed by atoms with Gasteiger partial charge in [-0.15, -0.1) is 0 Å². The first-order valence-electron chi connectivity index (χ1n) is 6.02. The Balaban J connectivity index is 2.27. The first kappa shape index (κ1) is 13.5. The van der Waals surface area contributed by atoms with Crippen molar-refractivity contribution in [3.05, 3.63) is 59.0 Å². The molecule has 0 spiro atoms. The van der Waals surface area contributed by atoms with Gasteiger partial charge in [0.05, 0.1) is 6.04 Å². The third-order valence-electron chi connectivity index (χ3n) is 2.99. The number of nitrogens with one attached hydrogen (secondary N) is 1. The van der Waals surface area contributed by atoms with E-state index in [1.165, 1.54) is 12.1 Å². The maximum absolute atomic E-state index is 13.2. The average molecular weight is 260 g/mol. The number of aromatic nitrogens is 1. The van der Waals surface area contributed by atoms with Crippen molar-refractivity contribution in [1.29, 1.82) is 0 Å². The molecule has 0 amide bonds. The summed E-state index contributed by atoms with van der Waals surface area (Å²) in [6, 6.07) is 8.17. The van der Waals surface area contributed by atoms with E-state index in [0.29, 0.717) is 12.2 Å². The summed E-state index contributed by atoms with van der Waals surface area (Å²) < 4.78 is 13.2. The van der Waals surface area contributed by atoms with Gasteiger partial charge in [-0.25, -0.2) is 9.37 Å². The summed E-state index contributed by atoms with van der Waals surface area (Å²) in [5, 5.41) is 0. The van der Waals surface area contributed by atoms with E-state index in [0.717, 1.165) is 16.7 Å². The van der Waals surface area contributed by atoms with Crippen LogP contribution in [0.25, 0.3) is 0 Å². The Bertz CT molecular complexity index is 571. The van der Waals surface area contributed by atoms with Crippen LogP contribution < -0.4 is 17.0 Å². The zero-order valence-electron chi connectivity index (χ0n) is 10.7. The molecule has 100 valence electrons. The van der Waals surface area contributed by atoms with Gasteiger partial charge in [-0.1, -0.05) is 12.1 Å². The highest BCUT2D eigenvalue weighted by molar-refractivity contribution is 5.43. The predicted octanol–water partition coefficient (Wildman–Crippen LogP) is 1.86. The fourth-order valence-corrected chi connectivity index (χ4v) is 2.04. The maximum atomic E-state index is 13.2. The molecule has 2 aromatic rings. The number of anilines is 1. The molecule has 0 bridgehead atoms. The number of rotatable bonds is 4. The summed E-state index contributed by atoms with van der Waals surface area (Å²) in [6.07, 6.45) is 2.25. The van der Waals surface area contributed by atoms with Crippen molar-refractivity contribution in [3.63, 3.8) is 0 Å². The van der Waals surface area contributed by atoms with Crippen molar-refractivity contribution in [2.24, 2.45) is 5.84 Å². The van der Waals surface area contributed by atoms with Crippen LogP contribution in [0.2, 0.25) is 0 Å². The van der Waals surface area contributed by atoms with Crippen molar-refractivity contribution in [1.82, 2.24) is 10.4 Å². The van der Waals surface area contributed by atoms with Crippen LogP contribution in [0.3, 0.4) is 0 Å². The van der Waals surface area contributed by atoms with E-state index < -0.39 is 0 Å². The van der Waals surface area contributed by atoms with Crippen molar-refractivity contribution in [2.75, 3.05) is 5.73 Å². The monoisotopic (exact) mass is 260 g/mol. The molecular weight excluding hydrogens is 243 g/mol. The van der Waals surface area contributed by atoms with Crippen molar-refractivity contribution in [2.45, 2.75) is 19.4 Å². The summed E-state index contributed by atoms with van der Waals surface area (Å²) in [7, 11) is 0. The number of benzene rings is 1. The van der Waals surface area contributed by atoms with Gasteiger partial charge in [0.25, 0.3) is 0 Å². The third-order valence-corrected chi connectivity index (χ3v) is 2.99. The lowest BCUT2D eigenvalue weighted by atomic mass is 9.99. The molecule has 2 rings (SSSR count). The zero-order valence-corrected chi connectivity index (χ0v) is 10.7. The number of nitrogens with two attached hydrogens (primary N) is 2. The fourth-order valence-electron chi connectivity index (χ4n) is 2.04. The van der Waals surface area contributed by atoms with Gasteiger partial charge in [0.15, 0.2) is 0 Å². The lowest BCUT2D eigenvalue weighted by Crippen LogP contribution is -2.30. The Morgan fingerprint density at radius 3 is 2.84 bits per heavy atom. The Morgan fingerprint density at radius 2 is 2.16 bits per heavy atom. The molecule has 0 aliphatic carbocycles. The Labute approximate surface area is 111 Å². The van der Waals surface area contributed by atoms with Crippen LogP contribution in [0.4, 0.5) is 10.2 Å². The number of halogens is 1. The molecule has 19 heavy (non-hydrogen) atoms. The highest BCUT2D eigenvalue weighted by atomic mass is 19.1. The van der Waals surface area contributed by atoms with Gasteiger partial charge >= 0.3 is 0 Å². The zero-order chi connectivity index (χ0) is 13.8. The highest BCUT2D eigenvalue weighted by Crippen LogP contribution is 2.23. The Morgan fingerprint density at radius 1 is 1.37 bits per heavy atom. The number of aryl methyl sites for hydroxylation is 1. The highest BCUT2D eigenvalue weighted by Gasteiger charge is 2.15. The van der Waals surface area contributed by atoms with E-state index in [-0.39, 0.29) is 11.9 Å². The summed E-state index contributed by atoms with van der Waals surface area (Å²) >= 11 is 0. The fraction of sp³-hybridized carbons (Fsp3) is 0.214. The third kappa shape index (κ3) is 3.27. The van der Waals surface area contributed by atoms with E-state index in [9.17, 15) is 4.39 Å². The predicted molar refractivity (Wildman–Crippen MR) is 73.6 cm³/mol. The lowest BCUT2D eigenvalue weighted by molar-refractivity contribution is 0.548. The molecule has 0 aliphatic heterocycles. The molecule has 0 saturated carbocycles. The van der Waals surface area contributed by atoms with Crippen molar-refractivity contribution < 1.29 is 4.39 Å². The van der Waals surface area contributed by atoms with Crippen LogP contribution in [0, 0.1) is 12.7 Å². The molecule has 5 heteroatoms. The molecule has 4 nitrogen and oxygen atoms in total. The van der Waals surface area contributed by atoms with Crippen LogP contribution in [0.15, 0.2) is 36.5 Å². The molecule has 1 heterocycles. The molecule has 0 aliphatic rings. The average Bonchev–Trinajstić information content (AvgIpc) is 2.39. The van der Waals surface area contributed by atoms with E-state index in [4.69, 9.17) is 11.6 Å². The second kappa shape index (κ2) is 5.77. The van der Waals surface area contributed by atoms with Gasteiger partial charge in [0, 0.05) is 11.8 Å². The van der Waals surface area contributed by atoms with Crippen LogP contribution in [-0.2, 0) is 6.42 Å². The minimum absolute atomic E-state index is 0.200. The normalized spacial score (nSPS) is 12.4. The standard InChI is InChI=1S/C14H17FN4/c1-9-5-12(14(16)18-8-9)13(19-17)7-10-3-2-4-11(15)6-10/h2-6,8,13,19H,7,17H2,1H3,(H2,16,18).